The van der Waals surface area contributed by atoms with Crippen molar-refractivity contribution >= 4 is 0 Å². The number of rotatable bonds is 9. The van der Waals surface area contributed by atoms with E-state index in [2.05, 4.69) is 56.1 Å². The Kier molecular flexibility index (Phi) is 7.63. The highest BCUT2D eigenvalue weighted by molar-refractivity contribution is 5.38. The van der Waals surface area contributed by atoms with Gasteiger partial charge in [-0.15, -0.1) is 0 Å². The second-order valence-corrected chi connectivity index (χ2v) is 5.36. The van der Waals surface area contributed by atoms with Crippen molar-refractivity contribution in [1.82, 2.24) is 10.2 Å². The van der Waals surface area contributed by atoms with Gasteiger partial charge in [0.2, 0.25) is 0 Å². The molecule has 0 saturated carbocycles. The molecule has 1 N–H and O–H groups in total. The molecule has 0 aliphatic carbocycles. The maximum absolute atomic E-state index is 5.48. The third-order valence-corrected chi connectivity index (χ3v) is 3.72. The Morgan fingerprint density at radius 1 is 1.25 bits per heavy atom. The summed E-state index contributed by atoms with van der Waals surface area (Å²) in [7, 11) is 1.74. The van der Waals surface area contributed by atoms with Crippen LogP contribution in [0.4, 0.5) is 0 Å². The second-order valence-electron chi connectivity index (χ2n) is 5.36. The summed E-state index contributed by atoms with van der Waals surface area (Å²) in [5.74, 6) is 0.978. The number of nitrogens with one attached hydrogen (secondary N) is 1. The lowest BCUT2D eigenvalue weighted by Crippen LogP contribution is -2.33. The van der Waals surface area contributed by atoms with E-state index < -0.39 is 0 Å². The predicted molar refractivity (Wildman–Crippen MR) is 86.6 cm³/mol. The minimum Gasteiger partial charge on any atom is -0.496 e. The lowest BCUT2D eigenvalue weighted by molar-refractivity contribution is 0.283. The molecule has 0 heterocycles. The molecule has 1 rings (SSSR count). The number of nitrogens with zero attached hydrogens (tertiary/aromatic N) is 1. The average molecular weight is 278 g/mol. The Hall–Kier alpha value is -1.06. The van der Waals surface area contributed by atoms with Gasteiger partial charge in [-0.2, -0.15) is 0 Å². The van der Waals surface area contributed by atoms with E-state index in [-0.39, 0.29) is 0 Å². The van der Waals surface area contributed by atoms with E-state index in [1.807, 2.05) is 0 Å². The summed E-state index contributed by atoms with van der Waals surface area (Å²) in [5, 5.41) is 3.59. The first-order valence-electron chi connectivity index (χ1n) is 7.72. The Balaban J connectivity index is 2.52. The Morgan fingerprint density at radius 2 is 2.00 bits per heavy atom. The van der Waals surface area contributed by atoms with E-state index in [1.165, 1.54) is 24.1 Å². The standard InChI is InChI=1S/C17H30N2O/c1-6-11-19(7-2)12-10-18-15(4)16-9-8-14(3)13-17(16)20-5/h8-9,13,15,18H,6-7,10-12H2,1-5H3. The number of aryl methyl sites for hydroxylation is 1. The van der Waals surface area contributed by atoms with Crippen molar-refractivity contribution in [2.75, 3.05) is 33.3 Å². The summed E-state index contributed by atoms with van der Waals surface area (Å²) >= 11 is 0. The molecule has 0 saturated heterocycles. The highest BCUT2D eigenvalue weighted by Gasteiger charge is 2.11. The molecule has 0 aromatic heterocycles. The SMILES string of the molecule is CCCN(CC)CCNC(C)c1ccc(C)cc1OC. The molecule has 3 heteroatoms. The molecular formula is C17H30N2O. The maximum Gasteiger partial charge on any atom is 0.123 e. The zero-order valence-corrected chi connectivity index (χ0v) is 13.7. The van der Waals surface area contributed by atoms with Crippen LogP contribution in [0, 0.1) is 6.92 Å². The highest BCUT2D eigenvalue weighted by Crippen LogP contribution is 2.25. The summed E-state index contributed by atoms with van der Waals surface area (Å²) < 4.78 is 5.48. The van der Waals surface area contributed by atoms with Crippen LogP contribution in [0.25, 0.3) is 0 Å². The third-order valence-electron chi connectivity index (χ3n) is 3.72. The molecule has 0 radical (unpaired) electrons. The summed E-state index contributed by atoms with van der Waals surface area (Å²) in [6.07, 6.45) is 1.22. The molecule has 3 nitrogen and oxygen atoms in total. The average Bonchev–Trinajstić information content (AvgIpc) is 2.45. The van der Waals surface area contributed by atoms with Crippen LogP contribution in [0.1, 0.15) is 44.4 Å². The molecule has 1 atom stereocenters. The summed E-state index contributed by atoms with van der Waals surface area (Å²) in [4.78, 5) is 2.48. The van der Waals surface area contributed by atoms with Crippen molar-refractivity contribution in [2.45, 2.75) is 40.2 Å². The van der Waals surface area contributed by atoms with Crippen LogP contribution in [0.15, 0.2) is 18.2 Å². The van der Waals surface area contributed by atoms with Gasteiger partial charge in [-0.3, -0.25) is 0 Å². The summed E-state index contributed by atoms with van der Waals surface area (Å²) in [6.45, 7) is 13.2. The Bertz CT molecular complexity index is 393. The van der Waals surface area contributed by atoms with Crippen LogP contribution < -0.4 is 10.1 Å². The van der Waals surface area contributed by atoms with Crippen molar-refractivity contribution in [2.24, 2.45) is 0 Å². The minimum atomic E-state index is 0.311. The van der Waals surface area contributed by atoms with Crippen molar-refractivity contribution in [1.29, 1.82) is 0 Å². The van der Waals surface area contributed by atoms with E-state index in [0.29, 0.717) is 6.04 Å². The molecule has 20 heavy (non-hydrogen) atoms. The van der Waals surface area contributed by atoms with E-state index in [4.69, 9.17) is 4.74 Å². The molecule has 1 aromatic rings. The number of hydrogen-bond donors (Lipinski definition) is 1. The van der Waals surface area contributed by atoms with E-state index in [1.54, 1.807) is 7.11 Å². The first-order valence-corrected chi connectivity index (χ1v) is 7.72. The van der Waals surface area contributed by atoms with E-state index >= 15 is 0 Å². The van der Waals surface area contributed by atoms with Gasteiger partial charge < -0.3 is 15.0 Å². The zero-order chi connectivity index (χ0) is 15.0. The van der Waals surface area contributed by atoms with E-state index in [9.17, 15) is 0 Å². The Morgan fingerprint density at radius 3 is 2.60 bits per heavy atom. The molecule has 0 fully saturated rings. The van der Waals surface area contributed by atoms with Crippen molar-refractivity contribution < 1.29 is 4.74 Å². The van der Waals surface area contributed by atoms with Crippen molar-refractivity contribution in [3.8, 4) is 5.75 Å². The van der Waals surface area contributed by atoms with Gasteiger partial charge in [-0.05, 0) is 45.0 Å². The molecule has 0 aliphatic heterocycles. The Labute approximate surface area is 124 Å². The minimum absolute atomic E-state index is 0.311. The second kappa shape index (κ2) is 8.98. The lowest BCUT2D eigenvalue weighted by Gasteiger charge is -2.22. The number of methoxy groups -OCH3 is 1. The van der Waals surface area contributed by atoms with Gasteiger partial charge >= 0.3 is 0 Å². The largest absolute Gasteiger partial charge is 0.496 e. The molecule has 0 aliphatic rings. The van der Waals surface area contributed by atoms with Gasteiger partial charge in [0.25, 0.3) is 0 Å². The third kappa shape index (κ3) is 5.14. The van der Waals surface area contributed by atoms with E-state index in [0.717, 1.165) is 25.4 Å². The maximum atomic E-state index is 5.48. The predicted octanol–water partition coefficient (Wildman–Crippen LogP) is 3.39. The normalized spacial score (nSPS) is 12.7. The van der Waals surface area contributed by atoms with Gasteiger partial charge in [0.1, 0.15) is 5.75 Å². The molecule has 0 bridgehead atoms. The van der Waals surface area contributed by atoms with Gasteiger partial charge in [0.15, 0.2) is 0 Å². The molecule has 114 valence electrons. The quantitative estimate of drug-likeness (QED) is 0.749. The van der Waals surface area contributed by atoms with Crippen molar-refractivity contribution in [3.63, 3.8) is 0 Å². The van der Waals surface area contributed by atoms with Crippen LogP contribution in [0.5, 0.6) is 5.75 Å². The number of likely N-dealkylation sites (N-methyl/N-ethyl adjacent to an activating group) is 1. The van der Waals surface area contributed by atoms with Gasteiger partial charge in [-0.25, -0.2) is 0 Å². The number of benzene rings is 1. The zero-order valence-electron chi connectivity index (χ0n) is 13.7. The molecule has 1 aromatic carbocycles. The first kappa shape index (κ1) is 17.0. The van der Waals surface area contributed by atoms with Gasteiger partial charge in [0, 0.05) is 24.7 Å². The topological polar surface area (TPSA) is 24.5 Å². The summed E-state index contributed by atoms with van der Waals surface area (Å²) in [5.41, 5.74) is 2.47. The van der Waals surface area contributed by atoms with Crippen LogP contribution >= 0.6 is 0 Å². The summed E-state index contributed by atoms with van der Waals surface area (Å²) in [6, 6.07) is 6.72. The van der Waals surface area contributed by atoms with Crippen LogP contribution in [-0.4, -0.2) is 38.2 Å². The van der Waals surface area contributed by atoms with Crippen LogP contribution in [-0.2, 0) is 0 Å². The molecule has 1 unspecified atom stereocenters. The fourth-order valence-electron chi connectivity index (χ4n) is 2.47. The molecule has 0 spiro atoms. The molecular weight excluding hydrogens is 248 g/mol. The monoisotopic (exact) mass is 278 g/mol. The van der Waals surface area contributed by atoms with Gasteiger partial charge in [-0.1, -0.05) is 26.0 Å². The lowest BCUT2D eigenvalue weighted by atomic mass is 10.0. The smallest absolute Gasteiger partial charge is 0.123 e. The fraction of sp³-hybridized carbons (Fsp3) is 0.647. The fourth-order valence-corrected chi connectivity index (χ4v) is 2.47. The number of hydrogen-bond acceptors (Lipinski definition) is 3. The molecule has 0 amide bonds. The van der Waals surface area contributed by atoms with Crippen LogP contribution in [0.3, 0.4) is 0 Å². The number of ether oxygens (including phenoxy) is 1. The van der Waals surface area contributed by atoms with Crippen molar-refractivity contribution in [3.05, 3.63) is 29.3 Å². The van der Waals surface area contributed by atoms with Gasteiger partial charge in [0.05, 0.1) is 7.11 Å². The highest BCUT2D eigenvalue weighted by atomic mass is 16.5. The van der Waals surface area contributed by atoms with Crippen LogP contribution in [0.2, 0.25) is 0 Å². The first-order chi connectivity index (χ1) is 9.62.